The standard InChI is InChI=1S/C11H11N3O5/c1-7(15)13-11(17)12-6-10(16)8-4-2-3-5-9(8)14(18)19/h2-5H,6H2,1H3,(H2,12,13,15,17). The highest BCUT2D eigenvalue weighted by atomic mass is 16.6. The Hall–Kier alpha value is -2.77. The molecule has 3 amide bonds. The molecule has 0 unspecified atom stereocenters. The van der Waals surface area contributed by atoms with E-state index in [0.717, 1.165) is 6.92 Å². The molecule has 0 aromatic heterocycles. The maximum atomic E-state index is 11.7. The molecule has 0 atom stereocenters. The van der Waals surface area contributed by atoms with Gasteiger partial charge in [0, 0.05) is 13.0 Å². The summed E-state index contributed by atoms with van der Waals surface area (Å²) in [6.07, 6.45) is 0. The lowest BCUT2D eigenvalue weighted by Crippen LogP contribution is -2.40. The van der Waals surface area contributed by atoms with E-state index in [1.54, 1.807) is 0 Å². The van der Waals surface area contributed by atoms with E-state index in [2.05, 4.69) is 5.32 Å². The number of carbonyl (C=O) groups excluding carboxylic acids is 3. The summed E-state index contributed by atoms with van der Waals surface area (Å²) < 4.78 is 0. The number of amides is 3. The van der Waals surface area contributed by atoms with Crippen molar-refractivity contribution in [3.63, 3.8) is 0 Å². The molecule has 0 aliphatic heterocycles. The molecule has 8 nitrogen and oxygen atoms in total. The fraction of sp³-hybridized carbons (Fsp3) is 0.182. The smallest absolute Gasteiger partial charge is 0.321 e. The Kier molecular flexibility index (Phi) is 4.69. The Bertz CT molecular complexity index is 541. The van der Waals surface area contributed by atoms with Gasteiger partial charge in [-0.25, -0.2) is 4.79 Å². The third-order valence-electron chi connectivity index (χ3n) is 2.10. The zero-order valence-corrected chi connectivity index (χ0v) is 10.0. The van der Waals surface area contributed by atoms with Crippen LogP contribution in [0.3, 0.4) is 0 Å². The number of hydrogen-bond acceptors (Lipinski definition) is 5. The zero-order chi connectivity index (χ0) is 14.4. The van der Waals surface area contributed by atoms with E-state index in [0.29, 0.717) is 0 Å². The number of rotatable bonds is 4. The number of para-hydroxylation sites is 1. The summed E-state index contributed by atoms with van der Waals surface area (Å²) in [4.78, 5) is 43.4. The Morgan fingerprint density at radius 1 is 1.26 bits per heavy atom. The third-order valence-corrected chi connectivity index (χ3v) is 2.10. The van der Waals surface area contributed by atoms with E-state index in [1.165, 1.54) is 24.3 Å². The van der Waals surface area contributed by atoms with Gasteiger partial charge < -0.3 is 5.32 Å². The second kappa shape index (κ2) is 6.24. The number of nitro benzene ring substituents is 1. The SMILES string of the molecule is CC(=O)NC(=O)NCC(=O)c1ccccc1[N+](=O)[O-]. The van der Waals surface area contributed by atoms with Crippen molar-refractivity contribution in [2.24, 2.45) is 0 Å². The molecule has 0 saturated carbocycles. The van der Waals surface area contributed by atoms with E-state index < -0.39 is 29.2 Å². The Balaban J connectivity index is 2.71. The van der Waals surface area contributed by atoms with Crippen molar-refractivity contribution in [3.8, 4) is 0 Å². The van der Waals surface area contributed by atoms with E-state index >= 15 is 0 Å². The third kappa shape index (κ3) is 4.19. The maximum absolute atomic E-state index is 11.7. The fourth-order valence-corrected chi connectivity index (χ4v) is 1.33. The lowest BCUT2D eigenvalue weighted by molar-refractivity contribution is -0.385. The number of ketones is 1. The van der Waals surface area contributed by atoms with Gasteiger partial charge in [-0.3, -0.25) is 25.0 Å². The van der Waals surface area contributed by atoms with Crippen molar-refractivity contribution in [2.45, 2.75) is 6.92 Å². The summed E-state index contributed by atoms with van der Waals surface area (Å²) in [6.45, 7) is 0.702. The monoisotopic (exact) mass is 265 g/mol. The van der Waals surface area contributed by atoms with Crippen LogP contribution in [0.1, 0.15) is 17.3 Å². The number of imide groups is 1. The van der Waals surface area contributed by atoms with Crippen molar-refractivity contribution in [3.05, 3.63) is 39.9 Å². The van der Waals surface area contributed by atoms with E-state index in [9.17, 15) is 24.5 Å². The topological polar surface area (TPSA) is 118 Å². The summed E-state index contributed by atoms with van der Waals surface area (Å²) >= 11 is 0. The second-order valence-corrected chi connectivity index (χ2v) is 3.56. The van der Waals surface area contributed by atoms with E-state index in [1.807, 2.05) is 5.32 Å². The highest BCUT2D eigenvalue weighted by Crippen LogP contribution is 2.17. The fourth-order valence-electron chi connectivity index (χ4n) is 1.33. The van der Waals surface area contributed by atoms with Gasteiger partial charge in [0.05, 0.1) is 17.0 Å². The summed E-state index contributed by atoms with van der Waals surface area (Å²) in [5.74, 6) is -1.19. The van der Waals surface area contributed by atoms with E-state index in [-0.39, 0.29) is 11.3 Å². The predicted molar refractivity (Wildman–Crippen MR) is 64.6 cm³/mol. The lowest BCUT2D eigenvalue weighted by atomic mass is 10.1. The first-order valence-corrected chi connectivity index (χ1v) is 5.24. The average molecular weight is 265 g/mol. The quantitative estimate of drug-likeness (QED) is 0.470. The number of benzene rings is 1. The van der Waals surface area contributed by atoms with Gasteiger partial charge in [-0.05, 0) is 6.07 Å². The molecular formula is C11H11N3O5. The zero-order valence-electron chi connectivity index (χ0n) is 10.0. The molecule has 0 heterocycles. The van der Waals surface area contributed by atoms with Crippen LogP contribution in [-0.4, -0.2) is 29.2 Å². The second-order valence-electron chi connectivity index (χ2n) is 3.56. The van der Waals surface area contributed by atoms with Crippen LogP contribution in [0.25, 0.3) is 0 Å². The van der Waals surface area contributed by atoms with Gasteiger partial charge >= 0.3 is 6.03 Å². The van der Waals surface area contributed by atoms with Gasteiger partial charge in [0.25, 0.3) is 5.69 Å². The molecule has 0 spiro atoms. The molecule has 1 aromatic carbocycles. The largest absolute Gasteiger partial charge is 0.330 e. The molecule has 1 rings (SSSR count). The van der Waals surface area contributed by atoms with Crippen molar-refractivity contribution in [1.82, 2.24) is 10.6 Å². The summed E-state index contributed by atoms with van der Waals surface area (Å²) in [7, 11) is 0. The summed E-state index contributed by atoms with van der Waals surface area (Å²) in [6, 6.07) is 4.58. The molecule has 0 bridgehead atoms. The molecule has 2 N–H and O–H groups in total. The van der Waals surface area contributed by atoms with Crippen molar-refractivity contribution in [1.29, 1.82) is 0 Å². The van der Waals surface area contributed by atoms with Crippen LogP contribution in [0.15, 0.2) is 24.3 Å². The molecular weight excluding hydrogens is 254 g/mol. The van der Waals surface area contributed by atoms with Gasteiger partial charge in [0.1, 0.15) is 0 Å². The molecule has 0 radical (unpaired) electrons. The van der Waals surface area contributed by atoms with Crippen LogP contribution in [0.2, 0.25) is 0 Å². The molecule has 100 valence electrons. The summed E-state index contributed by atoms with van der Waals surface area (Å²) in [5, 5.41) is 14.8. The average Bonchev–Trinajstić information content (AvgIpc) is 2.35. The highest BCUT2D eigenvalue weighted by molar-refractivity contribution is 6.03. The number of nitrogens with zero attached hydrogens (tertiary/aromatic N) is 1. The number of Topliss-reactive ketones (excluding diaryl/α,β-unsaturated/α-hetero) is 1. The van der Waals surface area contributed by atoms with E-state index in [4.69, 9.17) is 0 Å². The molecule has 0 aliphatic rings. The van der Waals surface area contributed by atoms with Crippen LogP contribution < -0.4 is 10.6 Å². The highest BCUT2D eigenvalue weighted by Gasteiger charge is 2.19. The van der Waals surface area contributed by atoms with Crippen LogP contribution in [-0.2, 0) is 4.79 Å². The first kappa shape index (κ1) is 14.3. The first-order valence-electron chi connectivity index (χ1n) is 5.24. The summed E-state index contributed by atoms with van der Waals surface area (Å²) in [5.41, 5.74) is -0.433. The lowest BCUT2D eigenvalue weighted by Gasteiger charge is -2.05. The maximum Gasteiger partial charge on any atom is 0.321 e. The molecule has 0 saturated heterocycles. The van der Waals surface area contributed by atoms with Gasteiger partial charge in [-0.2, -0.15) is 0 Å². The van der Waals surface area contributed by atoms with Crippen molar-refractivity contribution < 1.29 is 19.3 Å². The first-order chi connectivity index (χ1) is 8.91. The van der Waals surface area contributed by atoms with Crippen LogP contribution in [0.4, 0.5) is 10.5 Å². The van der Waals surface area contributed by atoms with Crippen molar-refractivity contribution in [2.75, 3.05) is 6.54 Å². The minimum Gasteiger partial charge on any atom is -0.330 e. The minimum atomic E-state index is -0.834. The van der Waals surface area contributed by atoms with Gasteiger partial charge in [0.15, 0.2) is 5.78 Å². The van der Waals surface area contributed by atoms with Gasteiger partial charge in [0.2, 0.25) is 5.91 Å². The minimum absolute atomic E-state index is 0.101. The normalized spacial score (nSPS) is 9.53. The molecule has 8 heteroatoms. The number of nitrogens with one attached hydrogen (secondary N) is 2. The van der Waals surface area contributed by atoms with Crippen LogP contribution >= 0.6 is 0 Å². The Morgan fingerprint density at radius 3 is 2.47 bits per heavy atom. The molecule has 0 aliphatic carbocycles. The number of carbonyl (C=O) groups is 3. The van der Waals surface area contributed by atoms with Gasteiger partial charge in [-0.15, -0.1) is 0 Å². The van der Waals surface area contributed by atoms with Crippen molar-refractivity contribution >= 4 is 23.4 Å². The van der Waals surface area contributed by atoms with Crippen LogP contribution in [0.5, 0.6) is 0 Å². The Labute approximate surface area is 107 Å². The number of nitro groups is 1. The molecule has 1 aromatic rings. The van der Waals surface area contributed by atoms with Crippen LogP contribution in [0, 0.1) is 10.1 Å². The Morgan fingerprint density at radius 2 is 1.89 bits per heavy atom. The predicted octanol–water partition coefficient (Wildman–Crippen LogP) is 0.623. The van der Waals surface area contributed by atoms with Gasteiger partial charge in [-0.1, -0.05) is 12.1 Å². The molecule has 0 fully saturated rings. The number of urea groups is 1. The number of hydrogen-bond donors (Lipinski definition) is 2. The molecule has 19 heavy (non-hydrogen) atoms.